The molecule has 0 spiro atoms. The van der Waals surface area contributed by atoms with Gasteiger partial charge in [-0.05, 0) is 41.7 Å². The van der Waals surface area contributed by atoms with Crippen LogP contribution in [0.5, 0.6) is 0 Å². The maximum absolute atomic E-state index is 12.4. The van der Waals surface area contributed by atoms with E-state index in [1.807, 2.05) is 22.9 Å². The topological polar surface area (TPSA) is 106 Å². The summed E-state index contributed by atoms with van der Waals surface area (Å²) in [5.74, 6) is 1.55. The van der Waals surface area contributed by atoms with Gasteiger partial charge in [0.05, 0.1) is 25.3 Å². The van der Waals surface area contributed by atoms with Gasteiger partial charge in [-0.3, -0.25) is 9.78 Å². The van der Waals surface area contributed by atoms with Crippen LogP contribution in [0.3, 0.4) is 0 Å². The zero-order valence-electron chi connectivity index (χ0n) is 17.7. The van der Waals surface area contributed by atoms with Crippen LogP contribution in [0.4, 0.5) is 5.95 Å². The fourth-order valence-corrected chi connectivity index (χ4v) is 4.66. The number of fused-ring (bicyclic) bond motifs is 1. The molecule has 3 aromatic rings. The predicted octanol–water partition coefficient (Wildman–Crippen LogP) is 0.343. The highest BCUT2D eigenvalue weighted by Crippen LogP contribution is 2.17. The largest absolute Gasteiger partial charge is 0.353 e. The monoisotopic (exact) mass is 421 g/mol. The molecule has 0 unspecified atom stereocenters. The number of nitrogens with one attached hydrogen (secondary N) is 3. The number of quaternary nitrogens is 1. The number of H-pyrrole nitrogens is 1. The van der Waals surface area contributed by atoms with E-state index in [-0.39, 0.29) is 5.56 Å². The van der Waals surface area contributed by atoms with E-state index in [1.165, 1.54) is 10.5 Å². The lowest BCUT2D eigenvalue weighted by Crippen LogP contribution is -3.12. The van der Waals surface area contributed by atoms with Crippen molar-refractivity contribution >= 4 is 5.95 Å². The average Bonchev–Trinajstić information content (AvgIpc) is 3.22. The summed E-state index contributed by atoms with van der Waals surface area (Å²) in [4.78, 5) is 21.5. The molecule has 0 bridgehead atoms. The van der Waals surface area contributed by atoms with Gasteiger partial charge in [-0.2, -0.15) is 0 Å². The van der Waals surface area contributed by atoms with Gasteiger partial charge in [0, 0.05) is 24.4 Å². The highest BCUT2D eigenvalue weighted by atomic mass is 16.1. The number of anilines is 1. The van der Waals surface area contributed by atoms with Crippen LogP contribution in [0.1, 0.15) is 48.3 Å². The molecule has 9 heteroatoms. The standard InChI is InChI=1S/C22H28N8O/c31-21-18-8-4-5-9-19(18)24-22(25-21)23-17-10-12-29(13-11-17)15-20-26-27-28-30(20)14-16-6-2-1-3-7-16/h1-3,6-7,17H,4-5,8-15H2,(H2,23,24,25,31)/p+1. The van der Waals surface area contributed by atoms with Crippen LogP contribution >= 0.6 is 0 Å². The first-order valence-electron chi connectivity index (χ1n) is 11.3. The van der Waals surface area contributed by atoms with Gasteiger partial charge >= 0.3 is 0 Å². The van der Waals surface area contributed by atoms with Crippen molar-refractivity contribution in [3.8, 4) is 0 Å². The Kier molecular flexibility index (Phi) is 5.75. The van der Waals surface area contributed by atoms with Gasteiger partial charge < -0.3 is 10.2 Å². The quantitative estimate of drug-likeness (QED) is 0.530. The summed E-state index contributed by atoms with van der Waals surface area (Å²) in [7, 11) is 0. The van der Waals surface area contributed by atoms with Crippen molar-refractivity contribution in [2.45, 2.75) is 57.7 Å². The number of likely N-dealkylation sites (tertiary alicyclic amines) is 1. The molecule has 0 radical (unpaired) electrons. The number of rotatable bonds is 6. The lowest BCUT2D eigenvalue weighted by molar-refractivity contribution is -0.919. The second-order valence-electron chi connectivity index (χ2n) is 8.63. The van der Waals surface area contributed by atoms with Crippen molar-refractivity contribution < 1.29 is 4.90 Å². The molecule has 0 atom stereocenters. The van der Waals surface area contributed by atoms with E-state index in [1.54, 1.807) is 0 Å². The van der Waals surface area contributed by atoms with Crippen LogP contribution in [-0.2, 0) is 25.9 Å². The summed E-state index contributed by atoms with van der Waals surface area (Å²) in [5, 5.41) is 15.8. The van der Waals surface area contributed by atoms with Crippen LogP contribution in [0.15, 0.2) is 35.1 Å². The zero-order valence-corrected chi connectivity index (χ0v) is 17.7. The number of aromatic nitrogens is 6. The highest BCUT2D eigenvalue weighted by Gasteiger charge is 2.25. The number of hydrogen-bond donors (Lipinski definition) is 3. The molecule has 2 aliphatic rings. The third kappa shape index (κ3) is 4.66. The summed E-state index contributed by atoms with van der Waals surface area (Å²) < 4.78 is 1.90. The molecule has 1 saturated heterocycles. The summed E-state index contributed by atoms with van der Waals surface area (Å²) in [6.45, 7) is 3.58. The third-order valence-electron chi connectivity index (χ3n) is 6.41. The van der Waals surface area contributed by atoms with Gasteiger partial charge in [0.25, 0.3) is 5.56 Å². The zero-order chi connectivity index (χ0) is 21.0. The van der Waals surface area contributed by atoms with E-state index >= 15 is 0 Å². The number of tetrazole rings is 1. The molecule has 2 aromatic heterocycles. The van der Waals surface area contributed by atoms with Gasteiger partial charge in [0.1, 0.15) is 6.54 Å². The van der Waals surface area contributed by atoms with E-state index in [0.717, 1.165) is 75.2 Å². The average molecular weight is 422 g/mol. The van der Waals surface area contributed by atoms with Crippen molar-refractivity contribution in [3.05, 3.63) is 63.3 Å². The van der Waals surface area contributed by atoms with Gasteiger partial charge in [-0.15, -0.1) is 5.10 Å². The molecule has 5 rings (SSSR count). The molecule has 31 heavy (non-hydrogen) atoms. The van der Waals surface area contributed by atoms with Gasteiger partial charge in [-0.25, -0.2) is 9.67 Å². The molecule has 3 N–H and O–H groups in total. The Bertz CT molecular complexity index is 1070. The lowest BCUT2D eigenvalue weighted by Gasteiger charge is -2.29. The molecule has 1 aromatic carbocycles. The molecule has 162 valence electrons. The van der Waals surface area contributed by atoms with E-state index in [0.29, 0.717) is 18.5 Å². The first-order chi connectivity index (χ1) is 15.2. The Morgan fingerprint density at radius 2 is 1.94 bits per heavy atom. The van der Waals surface area contributed by atoms with Gasteiger partial charge in [0.15, 0.2) is 0 Å². The van der Waals surface area contributed by atoms with Gasteiger partial charge in [-0.1, -0.05) is 30.3 Å². The van der Waals surface area contributed by atoms with E-state index in [9.17, 15) is 4.79 Å². The molecule has 9 nitrogen and oxygen atoms in total. The van der Waals surface area contributed by atoms with Crippen LogP contribution in [0.25, 0.3) is 0 Å². The van der Waals surface area contributed by atoms with Crippen LogP contribution < -0.4 is 15.8 Å². The van der Waals surface area contributed by atoms with Crippen LogP contribution in [0.2, 0.25) is 0 Å². The predicted molar refractivity (Wildman–Crippen MR) is 116 cm³/mol. The highest BCUT2D eigenvalue weighted by molar-refractivity contribution is 5.32. The number of hydrogen-bond acceptors (Lipinski definition) is 6. The molecule has 1 aliphatic heterocycles. The van der Waals surface area contributed by atoms with E-state index in [4.69, 9.17) is 4.98 Å². The number of benzene rings is 1. The fourth-order valence-electron chi connectivity index (χ4n) is 4.66. The summed E-state index contributed by atoms with van der Waals surface area (Å²) >= 11 is 0. The van der Waals surface area contributed by atoms with Crippen LogP contribution in [0, 0.1) is 0 Å². The molecular weight excluding hydrogens is 392 g/mol. The minimum Gasteiger partial charge on any atom is -0.353 e. The maximum Gasteiger partial charge on any atom is 0.255 e. The minimum atomic E-state index is 0.0283. The smallest absolute Gasteiger partial charge is 0.255 e. The van der Waals surface area contributed by atoms with Crippen molar-refractivity contribution in [3.63, 3.8) is 0 Å². The molecule has 1 fully saturated rings. The molecule has 1 aliphatic carbocycles. The molecule has 0 saturated carbocycles. The Morgan fingerprint density at radius 3 is 2.77 bits per heavy atom. The van der Waals surface area contributed by atoms with Crippen molar-refractivity contribution in [1.82, 2.24) is 30.2 Å². The first-order valence-corrected chi connectivity index (χ1v) is 11.3. The second-order valence-corrected chi connectivity index (χ2v) is 8.63. The number of aryl methyl sites for hydroxylation is 1. The summed E-state index contributed by atoms with van der Waals surface area (Å²) in [5.41, 5.74) is 3.08. The van der Waals surface area contributed by atoms with E-state index < -0.39 is 0 Å². The third-order valence-corrected chi connectivity index (χ3v) is 6.41. The van der Waals surface area contributed by atoms with E-state index in [2.05, 4.69) is 38.0 Å². The van der Waals surface area contributed by atoms with Gasteiger partial charge in [0.2, 0.25) is 11.8 Å². The van der Waals surface area contributed by atoms with Crippen molar-refractivity contribution in [2.75, 3.05) is 18.4 Å². The molecule has 3 heterocycles. The summed E-state index contributed by atoms with van der Waals surface area (Å²) in [6, 6.07) is 10.6. The maximum atomic E-state index is 12.4. The molecule has 0 amide bonds. The normalized spacial score (nSPS) is 20.9. The lowest BCUT2D eigenvalue weighted by atomic mass is 9.97. The van der Waals surface area contributed by atoms with Crippen molar-refractivity contribution in [1.29, 1.82) is 0 Å². The Morgan fingerprint density at radius 1 is 1.13 bits per heavy atom. The number of piperidine rings is 1. The Hall–Kier alpha value is -3.07. The number of nitrogens with zero attached hydrogens (tertiary/aromatic N) is 5. The fraction of sp³-hybridized carbons (Fsp3) is 0.500. The van der Waals surface area contributed by atoms with Crippen LogP contribution in [-0.4, -0.2) is 49.3 Å². The Labute approximate surface area is 180 Å². The second kappa shape index (κ2) is 8.97. The van der Waals surface area contributed by atoms with Crippen molar-refractivity contribution in [2.24, 2.45) is 0 Å². The Balaban J connectivity index is 1.16. The summed E-state index contributed by atoms with van der Waals surface area (Å²) in [6.07, 6.45) is 6.01. The first kappa shape index (κ1) is 19.9. The minimum absolute atomic E-state index is 0.0283. The SMILES string of the molecule is O=c1[nH]c(NC2CC[NH+](Cc3nnnn3Cc3ccccc3)CC2)nc2c1CCCC2. The molecular formula is C22H29N8O+. The number of aromatic amines is 1.